The summed E-state index contributed by atoms with van der Waals surface area (Å²) in [5.41, 5.74) is -0.123. The number of benzene rings is 1. The van der Waals surface area contributed by atoms with Crippen LogP contribution in [0, 0.1) is 25.0 Å². The number of carbonyl (C=O) groups is 1. The van der Waals surface area contributed by atoms with Crippen LogP contribution >= 0.6 is 22.6 Å². The summed E-state index contributed by atoms with van der Waals surface area (Å²) < 4.78 is 5.61. The minimum atomic E-state index is -0.630. The Kier molecular flexibility index (Phi) is 5.03. The number of nitro groups is 1. The summed E-state index contributed by atoms with van der Waals surface area (Å²) in [6, 6.07) is 4.44. The maximum Gasteiger partial charge on any atom is 0.313 e. The largest absolute Gasteiger partial charge is 0.478 e. The van der Waals surface area contributed by atoms with Gasteiger partial charge in [-0.25, -0.2) is 0 Å². The van der Waals surface area contributed by atoms with E-state index in [1.165, 1.54) is 6.07 Å². The minimum absolute atomic E-state index is 0.0291. The molecule has 0 spiro atoms. The number of carbonyl (C=O) groups excluding carboxylic acids is 1. The Morgan fingerprint density at radius 2 is 2.28 bits per heavy atom. The standard InChI is InChI=1S/C11H9IN2O4/c1-2-8(15)6-18-11-9(12)3-7(5-13)4-10(11)14(16)17/h3-4H,2,6H2,1H3. The number of nitriles is 1. The third-order valence-electron chi connectivity index (χ3n) is 2.12. The second-order valence-electron chi connectivity index (χ2n) is 3.36. The summed E-state index contributed by atoms with van der Waals surface area (Å²) >= 11 is 1.84. The lowest BCUT2D eigenvalue weighted by Gasteiger charge is -2.07. The highest BCUT2D eigenvalue weighted by Gasteiger charge is 2.21. The molecule has 0 aliphatic rings. The van der Waals surface area contributed by atoms with E-state index in [1.807, 2.05) is 28.7 Å². The first-order chi connectivity index (χ1) is 8.49. The number of hydrogen-bond acceptors (Lipinski definition) is 5. The van der Waals surface area contributed by atoms with Crippen molar-refractivity contribution in [3.05, 3.63) is 31.4 Å². The zero-order valence-corrected chi connectivity index (χ0v) is 11.6. The SMILES string of the molecule is CCC(=O)COc1c(I)cc(C#N)cc1[N+](=O)[O-]. The van der Waals surface area contributed by atoms with Crippen LogP contribution in [0.3, 0.4) is 0 Å². The summed E-state index contributed by atoms with van der Waals surface area (Å²) in [7, 11) is 0. The third kappa shape index (κ3) is 3.40. The molecule has 0 fully saturated rings. The van der Waals surface area contributed by atoms with Crippen LogP contribution in [-0.2, 0) is 4.79 Å². The molecular weight excluding hydrogens is 351 g/mol. The number of rotatable bonds is 5. The molecule has 18 heavy (non-hydrogen) atoms. The van der Waals surface area contributed by atoms with Crippen molar-refractivity contribution in [2.24, 2.45) is 0 Å². The van der Waals surface area contributed by atoms with E-state index in [2.05, 4.69) is 0 Å². The monoisotopic (exact) mass is 360 g/mol. The van der Waals surface area contributed by atoms with Gasteiger partial charge in [-0.1, -0.05) is 6.92 Å². The average molecular weight is 360 g/mol. The number of ether oxygens (including phenoxy) is 1. The predicted octanol–water partition coefficient (Wildman–Crippen LogP) is 2.43. The summed E-state index contributed by atoms with van der Waals surface area (Å²) in [6.45, 7) is 1.48. The molecule has 0 saturated carbocycles. The maximum atomic E-state index is 11.2. The molecule has 6 nitrogen and oxygen atoms in total. The summed E-state index contributed by atoms with van der Waals surface area (Å²) in [5.74, 6) is -0.120. The van der Waals surface area contributed by atoms with Crippen LogP contribution in [0.15, 0.2) is 12.1 Å². The lowest BCUT2D eigenvalue weighted by Crippen LogP contribution is -2.11. The zero-order valence-electron chi connectivity index (χ0n) is 9.47. The van der Waals surface area contributed by atoms with Crippen LogP contribution in [0.25, 0.3) is 0 Å². The first-order valence-corrected chi connectivity index (χ1v) is 6.10. The van der Waals surface area contributed by atoms with Gasteiger partial charge in [0.2, 0.25) is 5.75 Å². The Labute approximate surface area is 117 Å². The number of nitro benzene ring substituents is 1. The van der Waals surface area contributed by atoms with Gasteiger partial charge in [-0.3, -0.25) is 14.9 Å². The van der Waals surface area contributed by atoms with Crippen molar-refractivity contribution in [2.45, 2.75) is 13.3 Å². The van der Waals surface area contributed by atoms with Gasteiger partial charge in [-0.05, 0) is 28.7 Å². The number of ketones is 1. The Morgan fingerprint density at radius 3 is 2.78 bits per heavy atom. The highest BCUT2D eigenvalue weighted by Crippen LogP contribution is 2.33. The van der Waals surface area contributed by atoms with Gasteiger partial charge >= 0.3 is 5.69 Å². The number of halogens is 1. The van der Waals surface area contributed by atoms with Crippen molar-refractivity contribution in [1.29, 1.82) is 5.26 Å². The van der Waals surface area contributed by atoms with E-state index in [0.29, 0.717) is 9.99 Å². The minimum Gasteiger partial charge on any atom is -0.478 e. The lowest BCUT2D eigenvalue weighted by molar-refractivity contribution is -0.385. The molecule has 0 aliphatic heterocycles. The van der Waals surface area contributed by atoms with Gasteiger partial charge < -0.3 is 4.74 Å². The highest BCUT2D eigenvalue weighted by atomic mass is 127. The Bertz CT molecular complexity index is 537. The Balaban J connectivity index is 3.13. The molecule has 0 N–H and O–H groups in total. The molecule has 0 unspecified atom stereocenters. The highest BCUT2D eigenvalue weighted by molar-refractivity contribution is 14.1. The van der Waals surface area contributed by atoms with Crippen LogP contribution in [0.1, 0.15) is 18.9 Å². The molecule has 94 valence electrons. The normalized spacial score (nSPS) is 9.61. The van der Waals surface area contributed by atoms with Crippen LogP contribution in [0.5, 0.6) is 5.75 Å². The van der Waals surface area contributed by atoms with Crippen molar-refractivity contribution >= 4 is 34.1 Å². The smallest absolute Gasteiger partial charge is 0.313 e. The van der Waals surface area contributed by atoms with Crippen molar-refractivity contribution < 1.29 is 14.5 Å². The molecule has 7 heteroatoms. The van der Waals surface area contributed by atoms with Crippen molar-refractivity contribution in [2.75, 3.05) is 6.61 Å². The number of hydrogen-bond donors (Lipinski definition) is 0. The molecule has 0 amide bonds. The van der Waals surface area contributed by atoms with Gasteiger partial charge in [-0.2, -0.15) is 5.26 Å². The third-order valence-corrected chi connectivity index (χ3v) is 2.92. The van der Waals surface area contributed by atoms with E-state index in [0.717, 1.165) is 6.07 Å². The molecule has 0 aromatic heterocycles. The van der Waals surface area contributed by atoms with Gasteiger partial charge in [0.15, 0.2) is 5.78 Å². The predicted molar refractivity (Wildman–Crippen MR) is 71.3 cm³/mol. The van der Waals surface area contributed by atoms with Crippen LogP contribution in [0.2, 0.25) is 0 Å². The van der Waals surface area contributed by atoms with E-state index >= 15 is 0 Å². The molecule has 0 atom stereocenters. The van der Waals surface area contributed by atoms with Gasteiger partial charge in [0.25, 0.3) is 0 Å². The quantitative estimate of drug-likeness (QED) is 0.457. The molecular formula is C11H9IN2O4. The van der Waals surface area contributed by atoms with Crippen molar-refractivity contribution in [3.8, 4) is 11.8 Å². The first kappa shape index (κ1) is 14.4. The Morgan fingerprint density at radius 1 is 1.61 bits per heavy atom. The van der Waals surface area contributed by atoms with Gasteiger partial charge in [0.05, 0.1) is 20.1 Å². The van der Waals surface area contributed by atoms with Crippen LogP contribution in [-0.4, -0.2) is 17.3 Å². The fourth-order valence-corrected chi connectivity index (χ4v) is 1.94. The molecule has 1 rings (SSSR count). The average Bonchev–Trinajstić information content (AvgIpc) is 2.35. The van der Waals surface area contributed by atoms with Crippen molar-refractivity contribution in [1.82, 2.24) is 0 Å². The fraction of sp³-hybridized carbons (Fsp3) is 0.273. The van der Waals surface area contributed by atoms with Crippen LogP contribution < -0.4 is 4.74 Å². The molecule has 1 aromatic rings. The topological polar surface area (TPSA) is 93.2 Å². The first-order valence-electron chi connectivity index (χ1n) is 5.02. The van der Waals surface area contributed by atoms with E-state index in [4.69, 9.17) is 10.00 Å². The second kappa shape index (κ2) is 6.30. The molecule has 0 saturated heterocycles. The van der Waals surface area contributed by atoms with Crippen LogP contribution in [0.4, 0.5) is 5.69 Å². The fourth-order valence-electron chi connectivity index (χ4n) is 1.18. The second-order valence-corrected chi connectivity index (χ2v) is 4.52. The van der Waals surface area contributed by atoms with E-state index in [1.54, 1.807) is 6.92 Å². The van der Waals surface area contributed by atoms with Gasteiger partial charge in [-0.15, -0.1) is 0 Å². The molecule has 0 aliphatic carbocycles. The molecule has 0 heterocycles. The number of Topliss-reactive ketones (excluding diaryl/α,β-unsaturated/α-hetero) is 1. The summed E-state index contributed by atoms with van der Waals surface area (Å²) in [5, 5.41) is 19.6. The van der Waals surface area contributed by atoms with E-state index < -0.39 is 4.92 Å². The summed E-state index contributed by atoms with van der Waals surface area (Å²) in [6.07, 6.45) is 0.306. The Hall–Kier alpha value is -1.69. The maximum absolute atomic E-state index is 11.2. The summed E-state index contributed by atoms with van der Waals surface area (Å²) in [4.78, 5) is 21.4. The van der Waals surface area contributed by atoms with E-state index in [-0.39, 0.29) is 29.4 Å². The van der Waals surface area contributed by atoms with Crippen molar-refractivity contribution in [3.63, 3.8) is 0 Å². The molecule has 0 radical (unpaired) electrons. The lowest BCUT2D eigenvalue weighted by atomic mass is 10.2. The molecule has 0 bridgehead atoms. The van der Waals surface area contributed by atoms with Gasteiger partial charge in [0, 0.05) is 12.5 Å². The zero-order chi connectivity index (χ0) is 13.7. The van der Waals surface area contributed by atoms with E-state index in [9.17, 15) is 14.9 Å². The molecule has 1 aromatic carbocycles. The van der Waals surface area contributed by atoms with Gasteiger partial charge in [0.1, 0.15) is 6.61 Å². The number of nitrogens with zero attached hydrogens (tertiary/aromatic N) is 2.